The molecule has 0 amide bonds. The summed E-state index contributed by atoms with van der Waals surface area (Å²) < 4.78 is 0. The number of para-hydroxylation sites is 1. The van der Waals surface area contributed by atoms with E-state index in [2.05, 4.69) is 20.9 Å². The van der Waals surface area contributed by atoms with Crippen LogP contribution in [0.5, 0.6) is 0 Å². The lowest BCUT2D eigenvalue weighted by molar-refractivity contribution is -0.385. The van der Waals surface area contributed by atoms with Gasteiger partial charge in [0, 0.05) is 28.9 Å². The third-order valence-electron chi connectivity index (χ3n) is 2.64. The summed E-state index contributed by atoms with van der Waals surface area (Å²) in [6, 6.07) is 8.54. The number of pyridine rings is 1. The predicted octanol–water partition coefficient (Wildman–Crippen LogP) is 3.76. The van der Waals surface area contributed by atoms with Crippen LogP contribution >= 0.6 is 27.7 Å². The van der Waals surface area contributed by atoms with E-state index in [1.165, 1.54) is 17.8 Å². The lowest BCUT2D eigenvalue weighted by Gasteiger charge is -2.06. The highest BCUT2D eigenvalue weighted by Crippen LogP contribution is 2.30. The lowest BCUT2D eigenvalue weighted by Crippen LogP contribution is -1.96. The van der Waals surface area contributed by atoms with Gasteiger partial charge in [-0.2, -0.15) is 0 Å². The molecular formula is C13H12BrN3O2S. The van der Waals surface area contributed by atoms with Crippen molar-refractivity contribution in [2.24, 2.45) is 0 Å². The number of alkyl halides is 1. The van der Waals surface area contributed by atoms with Crippen molar-refractivity contribution in [3.63, 3.8) is 0 Å². The molecule has 0 bridgehead atoms. The van der Waals surface area contributed by atoms with Gasteiger partial charge in [-0.15, -0.1) is 0 Å². The van der Waals surface area contributed by atoms with E-state index in [1.807, 2.05) is 6.07 Å². The van der Waals surface area contributed by atoms with E-state index in [0.29, 0.717) is 27.4 Å². The van der Waals surface area contributed by atoms with Crippen molar-refractivity contribution < 1.29 is 4.92 Å². The molecule has 0 spiro atoms. The minimum absolute atomic E-state index is 0.121. The highest BCUT2D eigenvalue weighted by atomic mass is 79.9. The van der Waals surface area contributed by atoms with Crippen LogP contribution in [0.25, 0.3) is 0 Å². The molecule has 1 aromatic carbocycles. The van der Waals surface area contributed by atoms with Gasteiger partial charge in [-0.1, -0.05) is 45.9 Å². The van der Waals surface area contributed by atoms with Gasteiger partial charge in [-0.3, -0.25) is 10.1 Å². The van der Waals surface area contributed by atoms with Gasteiger partial charge in [-0.05, 0) is 11.6 Å². The monoisotopic (exact) mass is 353 g/mol. The summed E-state index contributed by atoms with van der Waals surface area (Å²) in [7, 11) is 0. The van der Waals surface area contributed by atoms with Crippen LogP contribution in [-0.2, 0) is 11.1 Å². The van der Waals surface area contributed by atoms with Crippen molar-refractivity contribution in [3.8, 4) is 0 Å². The third-order valence-corrected chi connectivity index (χ3v) is 4.36. The highest BCUT2D eigenvalue weighted by Gasteiger charge is 2.13. The minimum Gasteiger partial charge on any atom is -0.397 e. The van der Waals surface area contributed by atoms with E-state index in [0.717, 1.165) is 5.56 Å². The Morgan fingerprint density at radius 3 is 2.80 bits per heavy atom. The Balaban J connectivity index is 2.15. The molecule has 0 unspecified atom stereocenters. The summed E-state index contributed by atoms with van der Waals surface area (Å²) >= 11 is 4.74. The van der Waals surface area contributed by atoms with E-state index >= 15 is 0 Å². The van der Waals surface area contributed by atoms with Crippen LogP contribution < -0.4 is 5.73 Å². The molecule has 0 fully saturated rings. The molecule has 1 aromatic heterocycles. The number of thioether (sulfide) groups is 1. The molecule has 5 nitrogen and oxygen atoms in total. The number of aromatic nitrogens is 1. The fourth-order valence-electron chi connectivity index (χ4n) is 1.67. The molecule has 2 aromatic rings. The Hall–Kier alpha value is -1.60. The molecule has 1 heterocycles. The first-order valence-electron chi connectivity index (χ1n) is 5.77. The Kier molecular flexibility index (Phi) is 4.97. The van der Waals surface area contributed by atoms with Crippen LogP contribution in [0, 0.1) is 10.1 Å². The van der Waals surface area contributed by atoms with Crippen molar-refractivity contribution in [3.05, 3.63) is 57.8 Å². The standard InChI is InChI=1S/C13H12BrN3O2S/c14-6-9-5-11(15)13(16-7-9)20-8-10-3-1-2-4-12(10)17(18)19/h1-5,7H,6,8,15H2. The summed E-state index contributed by atoms with van der Waals surface area (Å²) in [5.41, 5.74) is 8.29. The number of nitrogens with zero attached hydrogens (tertiary/aromatic N) is 2. The molecule has 2 N–H and O–H groups in total. The fraction of sp³-hybridized carbons (Fsp3) is 0.154. The van der Waals surface area contributed by atoms with Crippen molar-refractivity contribution in [1.29, 1.82) is 0 Å². The van der Waals surface area contributed by atoms with Crippen LogP contribution in [0.15, 0.2) is 41.6 Å². The van der Waals surface area contributed by atoms with E-state index in [9.17, 15) is 10.1 Å². The molecular weight excluding hydrogens is 342 g/mol. The van der Waals surface area contributed by atoms with Crippen molar-refractivity contribution in [2.45, 2.75) is 16.1 Å². The number of nitrogen functional groups attached to an aromatic ring is 1. The number of nitro benzene ring substituents is 1. The maximum atomic E-state index is 10.9. The van der Waals surface area contributed by atoms with Crippen molar-refractivity contribution in [1.82, 2.24) is 4.98 Å². The van der Waals surface area contributed by atoms with Gasteiger partial charge < -0.3 is 5.73 Å². The zero-order valence-corrected chi connectivity index (χ0v) is 12.9. The molecule has 20 heavy (non-hydrogen) atoms. The van der Waals surface area contributed by atoms with Gasteiger partial charge in [0.05, 0.1) is 10.6 Å². The number of hydrogen-bond acceptors (Lipinski definition) is 5. The quantitative estimate of drug-likeness (QED) is 0.383. The Bertz CT molecular complexity index is 637. The van der Waals surface area contributed by atoms with Crippen LogP contribution in [-0.4, -0.2) is 9.91 Å². The van der Waals surface area contributed by atoms with E-state index in [-0.39, 0.29) is 10.6 Å². The summed E-state index contributed by atoms with van der Waals surface area (Å²) in [6.07, 6.45) is 1.74. The number of hydrogen-bond donors (Lipinski definition) is 1. The van der Waals surface area contributed by atoms with Gasteiger partial charge in [0.25, 0.3) is 5.69 Å². The average Bonchev–Trinajstić information content (AvgIpc) is 2.46. The van der Waals surface area contributed by atoms with Crippen molar-refractivity contribution >= 4 is 39.1 Å². The van der Waals surface area contributed by atoms with E-state index in [4.69, 9.17) is 5.73 Å². The first-order valence-corrected chi connectivity index (χ1v) is 7.88. The van der Waals surface area contributed by atoms with Gasteiger partial charge in [0.1, 0.15) is 5.03 Å². The normalized spacial score (nSPS) is 10.4. The van der Waals surface area contributed by atoms with E-state index < -0.39 is 0 Å². The van der Waals surface area contributed by atoms with Crippen molar-refractivity contribution in [2.75, 3.05) is 5.73 Å². The Labute approximate surface area is 128 Å². The molecule has 0 atom stereocenters. The summed E-state index contributed by atoms with van der Waals surface area (Å²) in [5.74, 6) is 0.460. The number of nitrogens with two attached hydrogens (primary N) is 1. The van der Waals surface area contributed by atoms with Crippen LogP contribution in [0.2, 0.25) is 0 Å². The number of benzene rings is 1. The molecule has 0 aliphatic heterocycles. The summed E-state index contributed by atoms with van der Waals surface area (Å²) in [4.78, 5) is 14.8. The van der Waals surface area contributed by atoms with Crippen LogP contribution in [0.3, 0.4) is 0 Å². The molecule has 0 aliphatic rings. The second-order valence-corrected chi connectivity index (χ2v) is 5.57. The fourth-order valence-corrected chi connectivity index (χ4v) is 2.86. The first kappa shape index (κ1) is 14.8. The summed E-state index contributed by atoms with van der Waals surface area (Å²) in [6.45, 7) is 0. The first-order chi connectivity index (χ1) is 9.61. The molecule has 0 saturated heterocycles. The van der Waals surface area contributed by atoms with E-state index in [1.54, 1.807) is 24.4 Å². The molecule has 2 rings (SSSR count). The molecule has 0 aliphatic carbocycles. The van der Waals surface area contributed by atoms with Gasteiger partial charge >= 0.3 is 0 Å². The second kappa shape index (κ2) is 6.71. The summed E-state index contributed by atoms with van der Waals surface area (Å²) in [5, 5.41) is 12.3. The smallest absolute Gasteiger partial charge is 0.273 e. The zero-order chi connectivity index (χ0) is 14.5. The number of rotatable bonds is 5. The third kappa shape index (κ3) is 3.49. The molecule has 104 valence electrons. The molecule has 0 saturated carbocycles. The molecule has 7 heteroatoms. The maximum Gasteiger partial charge on any atom is 0.273 e. The number of anilines is 1. The molecule has 0 radical (unpaired) electrons. The van der Waals surface area contributed by atoms with Crippen LogP contribution in [0.1, 0.15) is 11.1 Å². The number of nitro groups is 1. The zero-order valence-electron chi connectivity index (χ0n) is 10.5. The maximum absolute atomic E-state index is 10.9. The number of halogens is 1. The van der Waals surface area contributed by atoms with Gasteiger partial charge in [-0.25, -0.2) is 4.98 Å². The highest BCUT2D eigenvalue weighted by molar-refractivity contribution is 9.08. The Morgan fingerprint density at radius 2 is 2.15 bits per heavy atom. The lowest BCUT2D eigenvalue weighted by atomic mass is 10.2. The second-order valence-electron chi connectivity index (χ2n) is 4.05. The van der Waals surface area contributed by atoms with Gasteiger partial charge in [0.15, 0.2) is 0 Å². The predicted molar refractivity (Wildman–Crippen MR) is 83.9 cm³/mol. The largest absolute Gasteiger partial charge is 0.397 e. The topological polar surface area (TPSA) is 82.0 Å². The minimum atomic E-state index is -0.374. The Morgan fingerprint density at radius 1 is 1.40 bits per heavy atom. The average molecular weight is 354 g/mol. The SMILES string of the molecule is Nc1cc(CBr)cnc1SCc1ccccc1[N+](=O)[O-]. The van der Waals surface area contributed by atoms with Crippen LogP contribution in [0.4, 0.5) is 11.4 Å². The van der Waals surface area contributed by atoms with Gasteiger partial charge in [0.2, 0.25) is 0 Å².